The first-order chi connectivity index (χ1) is 14.1. The highest BCUT2D eigenvalue weighted by Crippen LogP contribution is 2.36. The second-order valence-electron chi connectivity index (χ2n) is 6.04. The Labute approximate surface area is 176 Å². The van der Waals surface area contributed by atoms with E-state index in [-0.39, 0.29) is 15.0 Å². The molecule has 0 fully saturated rings. The third kappa shape index (κ3) is 4.08. The third-order valence-electron chi connectivity index (χ3n) is 3.95. The second kappa shape index (κ2) is 7.49. The molecule has 0 saturated carbocycles. The van der Waals surface area contributed by atoms with Crippen LogP contribution in [0.1, 0.15) is 5.69 Å². The lowest BCUT2D eigenvalue weighted by Crippen LogP contribution is -2.11. The highest BCUT2D eigenvalue weighted by molar-refractivity contribution is 7.95. The van der Waals surface area contributed by atoms with E-state index in [1.165, 1.54) is 19.2 Å². The molecule has 0 radical (unpaired) electrons. The number of pyridine rings is 1. The SMILES string of the molecule is Cn1nc(-c2ccc(S(=O)(=O)Nc3nc(-c4cccnc4)cs3)s2)cc1C(F)(F)F. The van der Waals surface area contributed by atoms with E-state index >= 15 is 0 Å². The van der Waals surface area contributed by atoms with Crippen molar-refractivity contribution in [2.75, 3.05) is 4.72 Å². The van der Waals surface area contributed by atoms with Gasteiger partial charge in [0, 0.05) is 30.4 Å². The van der Waals surface area contributed by atoms with Gasteiger partial charge in [-0.2, -0.15) is 18.3 Å². The normalized spacial score (nSPS) is 12.3. The first-order valence-electron chi connectivity index (χ1n) is 8.24. The van der Waals surface area contributed by atoms with Gasteiger partial charge in [0.05, 0.1) is 10.6 Å². The molecule has 0 aliphatic carbocycles. The van der Waals surface area contributed by atoms with Crippen molar-refractivity contribution in [3.63, 3.8) is 0 Å². The highest BCUT2D eigenvalue weighted by atomic mass is 32.2. The number of thiazole rings is 1. The van der Waals surface area contributed by atoms with Gasteiger partial charge in [-0.3, -0.25) is 14.4 Å². The molecule has 1 N–H and O–H groups in total. The van der Waals surface area contributed by atoms with E-state index in [0.717, 1.165) is 39.0 Å². The number of rotatable bonds is 5. The molecule has 4 aromatic heterocycles. The molecule has 0 aliphatic heterocycles. The van der Waals surface area contributed by atoms with Gasteiger partial charge in [0.1, 0.15) is 15.6 Å². The summed E-state index contributed by atoms with van der Waals surface area (Å²) in [5, 5.41) is 5.70. The standard InChI is InChI=1S/C17H12F3N5O2S3/c1-25-14(17(18,19)20)7-11(23-25)13-4-5-15(29-13)30(26,27)24-16-22-12(9-28-16)10-3-2-6-21-8-10/h2-9H,1H3,(H,22,24). The monoisotopic (exact) mass is 471 g/mol. The molecule has 4 rings (SSSR count). The average molecular weight is 472 g/mol. The van der Waals surface area contributed by atoms with Crippen LogP contribution in [0.2, 0.25) is 0 Å². The molecule has 156 valence electrons. The van der Waals surface area contributed by atoms with E-state index < -0.39 is 21.9 Å². The first kappa shape index (κ1) is 20.5. The minimum absolute atomic E-state index is 0.0457. The van der Waals surface area contributed by atoms with Crippen LogP contribution in [0.25, 0.3) is 21.8 Å². The van der Waals surface area contributed by atoms with Gasteiger partial charge in [-0.05, 0) is 30.3 Å². The molecule has 4 heterocycles. The Balaban J connectivity index is 1.57. The summed E-state index contributed by atoms with van der Waals surface area (Å²) in [6, 6.07) is 7.17. The molecule has 0 bridgehead atoms. The van der Waals surface area contributed by atoms with Gasteiger partial charge in [0.15, 0.2) is 5.13 Å². The zero-order chi connectivity index (χ0) is 21.5. The summed E-state index contributed by atoms with van der Waals surface area (Å²) < 4.78 is 67.3. The molecule has 0 aromatic carbocycles. The Kier molecular flexibility index (Phi) is 5.11. The van der Waals surface area contributed by atoms with Crippen molar-refractivity contribution in [3.8, 4) is 21.8 Å². The predicted octanol–water partition coefficient (Wildman–Crippen LogP) is 4.49. The maximum atomic E-state index is 13.0. The number of hydrogen-bond acceptors (Lipinski definition) is 7. The van der Waals surface area contributed by atoms with Crippen molar-refractivity contribution in [1.29, 1.82) is 0 Å². The predicted molar refractivity (Wildman–Crippen MR) is 108 cm³/mol. The summed E-state index contributed by atoms with van der Waals surface area (Å²) in [5.74, 6) is 0. The molecule has 0 aliphatic rings. The fourth-order valence-electron chi connectivity index (χ4n) is 2.59. The minimum Gasteiger partial charge on any atom is -0.264 e. The summed E-state index contributed by atoms with van der Waals surface area (Å²) in [5.41, 5.74) is 0.447. The van der Waals surface area contributed by atoms with Crippen LogP contribution < -0.4 is 4.72 Å². The van der Waals surface area contributed by atoms with Crippen molar-refractivity contribution in [2.45, 2.75) is 10.4 Å². The van der Waals surface area contributed by atoms with Crippen LogP contribution in [0, 0.1) is 0 Å². The number of thiophene rings is 1. The quantitative estimate of drug-likeness (QED) is 0.463. The summed E-state index contributed by atoms with van der Waals surface area (Å²) in [6.07, 6.45) is -1.32. The van der Waals surface area contributed by atoms with E-state index in [1.807, 2.05) is 0 Å². The van der Waals surface area contributed by atoms with E-state index in [4.69, 9.17) is 0 Å². The molecule has 4 aromatic rings. The Bertz CT molecular complexity index is 1290. The molecule has 0 spiro atoms. The average Bonchev–Trinajstić information content (AvgIpc) is 3.40. The summed E-state index contributed by atoms with van der Waals surface area (Å²) >= 11 is 1.93. The van der Waals surface area contributed by atoms with Crippen LogP contribution >= 0.6 is 22.7 Å². The molecule has 30 heavy (non-hydrogen) atoms. The molecular weight excluding hydrogens is 459 g/mol. The number of anilines is 1. The molecule has 0 saturated heterocycles. The number of nitrogens with zero attached hydrogens (tertiary/aromatic N) is 4. The number of hydrogen-bond donors (Lipinski definition) is 1. The van der Waals surface area contributed by atoms with Crippen LogP contribution in [0.3, 0.4) is 0 Å². The number of alkyl halides is 3. The van der Waals surface area contributed by atoms with Gasteiger partial charge in [0.25, 0.3) is 10.0 Å². The largest absolute Gasteiger partial charge is 0.433 e. The molecule has 0 unspecified atom stereocenters. The van der Waals surface area contributed by atoms with Gasteiger partial charge in [-0.15, -0.1) is 22.7 Å². The van der Waals surface area contributed by atoms with Crippen molar-refractivity contribution >= 4 is 37.8 Å². The Hall–Kier alpha value is -2.77. The Morgan fingerprint density at radius 2 is 1.97 bits per heavy atom. The van der Waals surface area contributed by atoms with Crippen molar-refractivity contribution in [2.24, 2.45) is 7.05 Å². The zero-order valence-electron chi connectivity index (χ0n) is 15.1. The fraction of sp³-hybridized carbons (Fsp3) is 0.118. The van der Waals surface area contributed by atoms with Crippen molar-refractivity contribution < 1.29 is 21.6 Å². The van der Waals surface area contributed by atoms with Crippen LogP contribution in [0.5, 0.6) is 0 Å². The van der Waals surface area contributed by atoms with E-state index in [0.29, 0.717) is 10.6 Å². The molecule has 0 atom stereocenters. The van der Waals surface area contributed by atoms with Crippen LogP contribution in [-0.2, 0) is 23.2 Å². The van der Waals surface area contributed by atoms with Gasteiger partial charge < -0.3 is 0 Å². The summed E-state index contributed by atoms with van der Waals surface area (Å²) in [4.78, 5) is 8.55. The number of aryl methyl sites for hydroxylation is 1. The van der Waals surface area contributed by atoms with Gasteiger partial charge >= 0.3 is 6.18 Å². The number of halogens is 3. The maximum Gasteiger partial charge on any atom is 0.433 e. The van der Waals surface area contributed by atoms with Crippen LogP contribution in [0.4, 0.5) is 18.3 Å². The van der Waals surface area contributed by atoms with E-state index in [2.05, 4.69) is 19.8 Å². The van der Waals surface area contributed by atoms with Gasteiger partial charge in [-0.1, -0.05) is 0 Å². The van der Waals surface area contributed by atoms with E-state index in [1.54, 1.807) is 29.9 Å². The van der Waals surface area contributed by atoms with Crippen LogP contribution in [-0.4, -0.2) is 28.2 Å². The molecule has 13 heteroatoms. The smallest absolute Gasteiger partial charge is 0.264 e. The number of sulfonamides is 1. The minimum atomic E-state index is -4.55. The topological polar surface area (TPSA) is 89.8 Å². The lowest BCUT2D eigenvalue weighted by molar-refractivity contribution is -0.143. The zero-order valence-corrected chi connectivity index (χ0v) is 17.5. The molecular formula is C17H12F3N5O2S3. The second-order valence-corrected chi connectivity index (χ2v) is 9.89. The lowest BCUT2D eigenvalue weighted by Gasteiger charge is -2.04. The van der Waals surface area contributed by atoms with Crippen molar-refractivity contribution in [3.05, 3.63) is 53.8 Å². The Morgan fingerprint density at radius 3 is 2.63 bits per heavy atom. The lowest BCUT2D eigenvalue weighted by atomic mass is 10.2. The van der Waals surface area contributed by atoms with Gasteiger partial charge in [0.2, 0.25) is 0 Å². The number of aromatic nitrogens is 4. The summed E-state index contributed by atoms with van der Waals surface area (Å²) in [6.45, 7) is 0. The van der Waals surface area contributed by atoms with Crippen LogP contribution in [0.15, 0.2) is 52.3 Å². The third-order valence-corrected chi connectivity index (χ3v) is 7.78. The summed E-state index contributed by atoms with van der Waals surface area (Å²) in [7, 11) is -2.78. The van der Waals surface area contributed by atoms with E-state index in [9.17, 15) is 21.6 Å². The fourth-order valence-corrected chi connectivity index (χ4v) is 5.82. The first-order valence-corrected chi connectivity index (χ1v) is 11.4. The highest BCUT2D eigenvalue weighted by Gasteiger charge is 2.35. The van der Waals surface area contributed by atoms with Gasteiger partial charge in [-0.25, -0.2) is 13.4 Å². The molecule has 7 nitrogen and oxygen atoms in total. The van der Waals surface area contributed by atoms with Crippen molar-refractivity contribution in [1.82, 2.24) is 19.7 Å². The Morgan fingerprint density at radius 1 is 1.17 bits per heavy atom. The molecule has 0 amide bonds. The maximum absolute atomic E-state index is 13.0. The number of nitrogens with one attached hydrogen (secondary N) is 1.